The maximum atomic E-state index is 10.3. The highest BCUT2D eigenvalue weighted by Gasteiger charge is 1.85. The molecule has 0 saturated carbocycles. The van der Waals surface area contributed by atoms with Gasteiger partial charge in [-0.15, -0.1) is 5.76 Å². The molecule has 0 N–H and O–H groups in total. The lowest BCUT2D eigenvalue weighted by Gasteiger charge is -2.04. The summed E-state index contributed by atoms with van der Waals surface area (Å²) < 4.78 is 0. The molecule has 0 atom stereocenters. The second kappa shape index (κ2) is 3.53. The molecule has 1 radical (unpaired) electrons. The first-order valence-electron chi connectivity index (χ1n) is 2.75. The smallest absolute Gasteiger partial charge is 0.0266 e. The van der Waals surface area contributed by atoms with E-state index in [4.69, 9.17) is 0 Å². The van der Waals surface area contributed by atoms with Crippen LogP contribution in [0, 0.1) is 5.92 Å². The van der Waals surface area contributed by atoms with E-state index in [0.29, 0.717) is 0 Å². The summed E-state index contributed by atoms with van der Waals surface area (Å²) in [6.45, 7) is 5.60. The quantitative estimate of drug-likeness (QED) is 0.493. The molecule has 1 nitrogen and oxygen atoms in total. The van der Waals surface area contributed by atoms with Gasteiger partial charge in [0.2, 0.25) is 0 Å². The highest BCUT2D eigenvalue weighted by atomic mass is 16.3. The van der Waals surface area contributed by atoms with Crippen molar-refractivity contribution < 1.29 is 5.11 Å². The zero-order valence-electron chi connectivity index (χ0n) is 5.69. The largest absolute Gasteiger partial charge is 0.876 e. The van der Waals surface area contributed by atoms with E-state index in [9.17, 15) is 5.11 Å². The minimum absolute atomic E-state index is 0.159. The van der Waals surface area contributed by atoms with Crippen LogP contribution in [-0.2, 0) is 0 Å². The number of rotatable bonds is 2. The first-order valence-corrected chi connectivity index (χ1v) is 2.75. The van der Waals surface area contributed by atoms with Gasteiger partial charge in [-0.3, -0.25) is 0 Å². The molecule has 0 aromatic rings. The van der Waals surface area contributed by atoms with Crippen LogP contribution >= 0.6 is 0 Å². The summed E-state index contributed by atoms with van der Waals surface area (Å²) in [6, 6.07) is 0. The van der Waals surface area contributed by atoms with E-state index in [0.717, 1.165) is 6.42 Å². The summed E-state index contributed by atoms with van der Waals surface area (Å²) in [5.41, 5.74) is 0. The van der Waals surface area contributed by atoms with Gasteiger partial charge >= 0.3 is 0 Å². The number of allylic oxidation sites excluding steroid dienone is 2. The summed E-state index contributed by atoms with van der Waals surface area (Å²) in [6.07, 6.45) is 2.52. The van der Waals surface area contributed by atoms with Crippen molar-refractivity contribution in [1.82, 2.24) is 0 Å². The Labute approximate surface area is 51.0 Å². The summed E-state index contributed by atoms with van der Waals surface area (Å²) in [7, 11) is 0. The SMILES string of the molecule is C[C](C)C/C=C(/C)[O-]. The van der Waals surface area contributed by atoms with Crippen LogP contribution in [-0.4, -0.2) is 0 Å². The van der Waals surface area contributed by atoms with Crippen molar-refractivity contribution >= 4 is 0 Å². The van der Waals surface area contributed by atoms with E-state index in [1.807, 2.05) is 13.8 Å². The average molecular weight is 112 g/mol. The second-order valence-electron chi connectivity index (χ2n) is 2.23. The summed E-state index contributed by atoms with van der Waals surface area (Å²) in [5, 5.41) is 10.3. The minimum Gasteiger partial charge on any atom is -0.876 e. The summed E-state index contributed by atoms with van der Waals surface area (Å²) in [5.74, 6) is 1.44. The lowest BCUT2D eigenvalue weighted by molar-refractivity contribution is -0.302. The fourth-order valence-corrected chi connectivity index (χ4v) is 0.348. The molecule has 0 rings (SSSR count). The average Bonchev–Trinajstić information content (AvgIpc) is 1.61. The van der Waals surface area contributed by atoms with Gasteiger partial charge in [-0.25, -0.2) is 0 Å². The number of hydrogen-bond acceptors (Lipinski definition) is 1. The Bertz CT molecular complexity index is 78.4. The Hall–Kier alpha value is -0.460. The molecule has 0 spiro atoms. The summed E-state index contributed by atoms with van der Waals surface area (Å²) >= 11 is 0. The van der Waals surface area contributed by atoms with Gasteiger partial charge in [0.05, 0.1) is 0 Å². The molecule has 0 aliphatic heterocycles. The van der Waals surface area contributed by atoms with Crippen molar-refractivity contribution in [2.24, 2.45) is 0 Å². The van der Waals surface area contributed by atoms with Crippen LogP contribution in [0.15, 0.2) is 11.8 Å². The maximum absolute atomic E-state index is 10.3. The van der Waals surface area contributed by atoms with Crippen LogP contribution in [0.25, 0.3) is 0 Å². The molecule has 0 unspecified atom stereocenters. The summed E-state index contributed by atoms with van der Waals surface area (Å²) in [4.78, 5) is 0. The Kier molecular flexibility index (Phi) is 3.33. The maximum Gasteiger partial charge on any atom is -0.0266 e. The molecule has 0 fully saturated rings. The third-order valence-electron chi connectivity index (χ3n) is 0.798. The van der Waals surface area contributed by atoms with Crippen molar-refractivity contribution in [1.29, 1.82) is 0 Å². The normalized spacial score (nSPS) is 12.8. The van der Waals surface area contributed by atoms with Crippen molar-refractivity contribution in [3.63, 3.8) is 0 Å². The van der Waals surface area contributed by atoms with Gasteiger partial charge in [0.25, 0.3) is 0 Å². The first kappa shape index (κ1) is 7.54. The molecule has 0 heterocycles. The van der Waals surface area contributed by atoms with E-state index in [1.165, 1.54) is 5.92 Å². The van der Waals surface area contributed by atoms with E-state index in [1.54, 1.807) is 13.0 Å². The van der Waals surface area contributed by atoms with Gasteiger partial charge in [0, 0.05) is 0 Å². The van der Waals surface area contributed by atoms with Crippen LogP contribution in [0.4, 0.5) is 0 Å². The van der Waals surface area contributed by atoms with Crippen LogP contribution < -0.4 is 5.11 Å². The molecule has 0 aromatic carbocycles. The Morgan fingerprint density at radius 3 is 2.00 bits per heavy atom. The molecule has 0 aliphatic carbocycles. The highest BCUT2D eigenvalue weighted by Crippen LogP contribution is 2.02. The second-order valence-corrected chi connectivity index (χ2v) is 2.23. The van der Waals surface area contributed by atoms with Gasteiger partial charge in [-0.05, 0) is 12.3 Å². The van der Waals surface area contributed by atoms with Crippen molar-refractivity contribution in [3.05, 3.63) is 17.8 Å². The lowest BCUT2D eigenvalue weighted by atomic mass is 10.1. The van der Waals surface area contributed by atoms with Crippen molar-refractivity contribution in [2.75, 3.05) is 0 Å². The fraction of sp³-hybridized carbons (Fsp3) is 0.571. The van der Waals surface area contributed by atoms with Crippen LogP contribution in [0.2, 0.25) is 0 Å². The third-order valence-corrected chi connectivity index (χ3v) is 0.798. The zero-order valence-corrected chi connectivity index (χ0v) is 5.69. The number of hydrogen-bond donors (Lipinski definition) is 0. The molecule has 0 bridgehead atoms. The van der Waals surface area contributed by atoms with E-state index < -0.39 is 0 Å². The minimum atomic E-state index is 0.159. The predicted molar refractivity (Wildman–Crippen MR) is 33.0 cm³/mol. The molecular formula is C7H12O-. The van der Waals surface area contributed by atoms with Gasteiger partial charge in [0.15, 0.2) is 0 Å². The van der Waals surface area contributed by atoms with Crippen molar-refractivity contribution in [2.45, 2.75) is 27.2 Å². The molecule has 0 aromatic heterocycles. The Morgan fingerprint density at radius 1 is 1.38 bits per heavy atom. The fourth-order valence-electron chi connectivity index (χ4n) is 0.348. The van der Waals surface area contributed by atoms with Crippen LogP contribution in [0.3, 0.4) is 0 Å². The molecule has 47 valence electrons. The van der Waals surface area contributed by atoms with Crippen molar-refractivity contribution in [3.8, 4) is 0 Å². The molecular weight excluding hydrogens is 100 g/mol. The standard InChI is InChI=1S/C7H13O/c1-6(2)4-5-7(3)8/h5,8H,4H2,1-3H3/p-1/b7-5-. The predicted octanol–water partition coefficient (Wildman–Crippen LogP) is 1.25. The Morgan fingerprint density at radius 2 is 1.88 bits per heavy atom. The Balaban J connectivity index is 3.29. The first-order chi connectivity index (χ1) is 3.63. The van der Waals surface area contributed by atoms with Crippen LogP contribution in [0.1, 0.15) is 27.2 Å². The molecule has 1 heteroatoms. The van der Waals surface area contributed by atoms with Crippen LogP contribution in [0.5, 0.6) is 0 Å². The lowest BCUT2D eigenvalue weighted by Crippen LogP contribution is -1.97. The van der Waals surface area contributed by atoms with Gasteiger partial charge in [0.1, 0.15) is 0 Å². The molecule has 0 aliphatic rings. The van der Waals surface area contributed by atoms with Gasteiger partial charge < -0.3 is 5.11 Å². The topological polar surface area (TPSA) is 23.1 Å². The monoisotopic (exact) mass is 112 g/mol. The molecule has 0 saturated heterocycles. The highest BCUT2D eigenvalue weighted by molar-refractivity contribution is 4.93. The molecule has 0 amide bonds. The van der Waals surface area contributed by atoms with E-state index in [2.05, 4.69) is 0 Å². The zero-order chi connectivity index (χ0) is 6.57. The van der Waals surface area contributed by atoms with E-state index in [-0.39, 0.29) is 5.76 Å². The molecule has 8 heavy (non-hydrogen) atoms. The van der Waals surface area contributed by atoms with E-state index >= 15 is 0 Å². The van der Waals surface area contributed by atoms with Gasteiger partial charge in [-0.1, -0.05) is 26.8 Å². The van der Waals surface area contributed by atoms with Gasteiger partial charge in [-0.2, -0.15) is 0 Å². The third kappa shape index (κ3) is 5.54.